The summed E-state index contributed by atoms with van der Waals surface area (Å²) in [5.41, 5.74) is 2.21. The minimum absolute atomic E-state index is 0.470. The molecule has 0 fully saturated rings. The predicted molar refractivity (Wildman–Crippen MR) is 59.0 cm³/mol. The first kappa shape index (κ1) is 9.77. The van der Waals surface area contributed by atoms with Crippen molar-refractivity contribution in [1.29, 1.82) is 0 Å². The molecule has 1 heterocycles. The SMILES string of the molecule is CCCc1c[nH]c2cccc(OC=O)c12. The molecule has 0 saturated heterocycles. The average molecular weight is 203 g/mol. The maximum Gasteiger partial charge on any atom is 0.298 e. The van der Waals surface area contributed by atoms with Crippen molar-refractivity contribution in [3.63, 3.8) is 0 Å². The smallest absolute Gasteiger partial charge is 0.298 e. The van der Waals surface area contributed by atoms with Gasteiger partial charge in [-0.3, -0.25) is 4.79 Å². The highest BCUT2D eigenvalue weighted by Gasteiger charge is 2.08. The highest BCUT2D eigenvalue weighted by atomic mass is 16.5. The summed E-state index contributed by atoms with van der Waals surface area (Å²) in [5, 5.41) is 1.02. The van der Waals surface area contributed by atoms with E-state index in [4.69, 9.17) is 4.74 Å². The number of ether oxygens (including phenoxy) is 1. The van der Waals surface area contributed by atoms with Gasteiger partial charge in [0.2, 0.25) is 0 Å². The number of carbonyl (C=O) groups is 1. The maximum atomic E-state index is 10.4. The zero-order chi connectivity index (χ0) is 10.7. The van der Waals surface area contributed by atoms with E-state index in [2.05, 4.69) is 11.9 Å². The van der Waals surface area contributed by atoms with Gasteiger partial charge < -0.3 is 9.72 Å². The van der Waals surface area contributed by atoms with Crippen molar-refractivity contribution in [1.82, 2.24) is 4.98 Å². The average Bonchev–Trinajstić information content (AvgIpc) is 2.64. The van der Waals surface area contributed by atoms with Crippen LogP contribution in [0.1, 0.15) is 18.9 Å². The van der Waals surface area contributed by atoms with E-state index >= 15 is 0 Å². The lowest BCUT2D eigenvalue weighted by Gasteiger charge is -2.02. The van der Waals surface area contributed by atoms with Gasteiger partial charge in [-0.05, 0) is 24.1 Å². The number of aryl methyl sites for hydroxylation is 1. The summed E-state index contributed by atoms with van der Waals surface area (Å²) in [7, 11) is 0. The summed E-state index contributed by atoms with van der Waals surface area (Å²) < 4.78 is 4.96. The molecular formula is C12H13NO2. The van der Waals surface area contributed by atoms with Gasteiger partial charge in [-0.2, -0.15) is 0 Å². The first-order valence-corrected chi connectivity index (χ1v) is 5.06. The van der Waals surface area contributed by atoms with Gasteiger partial charge in [0.05, 0.1) is 0 Å². The Morgan fingerprint density at radius 1 is 1.47 bits per heavy atom. The maximum absolute atomic E-state index is 10.4. The molecule has 0 radical (unpaired) electrons. The first-order valence-electron chi connectivity index (χ1n) is 5.06. The molecule has 2 aromatic rings. The molecule has 1 N–H and O–H groups in total. The fourth-order valence-corrected chi connectivity index (χ4v) is 1.84. The number of aromatic nitrogens is 1. The first-order chi connectivity index (χ1) is 7.36. The van der Waals surface area contributed by atoms with Gasteiger partial charge in [0.15, 0.2) is 0 Å². The fraction of sp³-hybridized carbons (Fsp3) is 0.250. The van der Waals surface area contributed by atoms with Crippen molar-refractivity contribution in [3.8, 4) is 5.75 Å². The number of rotatable bonds is 4. The van der Waals surface area contributed by atoms with Crippen LogP contribution >= 0.6 is 0 Å². The van der Waals surface area contributed by atoms with Gasteiger partial charge in [0, 0.05) is 17.1 Å². The molecule has 1 aromatic heterocycles. The quantitative estimate of drug-likeness (QED) is 0.776. The van der Waals surface area contributed by atoms with E-state index in [9.17, 15) is 4.79 Å². The Bertz CT molecular complexity index is 473. The number of carbonyl (C=O) groups excluding carboxylic acids is 1. The Balaban J connectivity index is 2.57. The second-order valence-corrected chi connectivity index (χ2v) is 3.46. The fourth-order valence-electron chi connectivity index (χ4n) is 1.84. The molecule has 0 amide bonds. The van der Waals surface area contributed by atoms with Gasteiger partial charge in [0.1, 0.15) is 5.75 Å². The molecule has 0 unspecified atom stereocenters. The Kier molecular flexibility index (Phi) is 2.72. The summed E-state index contributed by atoms with van der Waals surface area (Å²) in [6, 6.07) is 5.66. The summed E-state index contributed by atoms with van der Waals surface area (Å²) in [6.45, 7) is 2.60. The van der Waals surface area contributed by atoms with Crippen molar-refractivity contribution in [2.45, 2.75) is 19.8 Å². The predicted octanol–water partition coefficient (Wildman–Crippen LogP) is 2.66. The number of fused-ring (bicyclic) bond motifs is 1. The topological polar surface area (TPSA) is 42.1 Å². The summed E-state index contributed by atoms with van der Waals surface area (Å²) in [5.74, 6) is 0.632. The van der Waals surface area contributed by atoms with E-state index in [1.807, 2.05) is 24.4 Å². The van der Waals surface area contributed by atoms with Gasteiger partial charge in [0.25, 0.3) is 6.47 Å². The molecule has 78 valence electrons. The Hall–Kier alpha value is -1.77. The lowest BCUT2D eigenvalue weighted by molar-refractivity contribution is -0.120. The number of benzene rings is 1. The van der Waals surface area contributed by atoms with Crippen LogP contribution in [0.4, 0.5) is 0 Å². The second-order valence-electron chi connectivity index (χ2n) is 3.46. The summed E-state index contributed by atoms with van der Waals surface area (Å²) in [6.07, 6.45) is 4.04. The number of nitrogens with one attached hydrogen (secondary N) is 1. The van der Waals surface area contributed by atoms with Crippen molar-refractivity contribution in [3.05, 3.63) is 30.0 Å². The Morgan fingerprint density at radius 3 is 3.07 bits per heavy atom. The van der Waals surface area contributed by atoms with Crippen LogP contribution in [0.15, 0.2) is 24.4 Å². The highest BCUT2D eigenvalue weighted by molar-refractivity contribution is 5.90. The Morgan fingerprint density at radius 2 is 2.33 bits per heavy atom. The molecule has 0 aliphatic rings. The lowest BCUT2D eigenvalue weighted by atomic mass is 10.1. The van der Waals surface area contributed by atoms with Crippen LogP contribution in [0, 0.1) is 0 Å². The number of H-pyrrole nitrogens is 1. The molecule has 0 spiro atoms. The third kappa shape index (κ3) is 1.73. The monoisotopic (exact) mass is 203 g/mol. The van der Waals surface area contributed by atoms with Gasteiger partial charge in [-0.25, -0.2) is 0 Å². The van der Waals surface area contributed by atoms with Gasteiger partial charge in [-0.15, -0.1) is 0 Å². The molecule has 0 aliphatic heterocycles. The normalized spacial score (nSPS) is 10.5. The van der Waals surface area contributed by atoms with Crippen molar-refractivity contribution < 1.29 is 9.53 Å². The molecule has 0 bridgehead atoms. The third-order valence-corrected chi connectivity index (χ3v) is 2.44. The van der Waals surface area contributed by atoms with Crippen LogP contribution in [0.3, 0.4) is 0 Å². The van der Waals surface area contributed by atoms with E-state index in [0.29, 0.717) is 12.2 Å². The summed E-state index contributed by atoms with van der Waals surface area (Å²) in [4.78, 5) is 13.6. The van der Waals surface area contributed by atoms with Crippen LogP contribution in [0.25, 0.3) is 10.9 Å². The van der Waals surface area contributed by atoms with Gasteiger partial charge in [-0.1, -0.05) is 19.4 Å². The van der Waals surface area contributed by atoms with Crippen LogP contribution < -0.4 is 4.74 Å². The molecule has 1 aromatic carbocycles. The largest absolute Gasteiger partial charge is 0.428 e. The van der Waals surface area contributed by atoms with E-state index in [-0.39, 0.29) is 0 Å². The highest BCUT2D eigenvalue weighted by Crippen LogP contribution is 2.29. The number of hydrogen-bond donors (Lipinski definition) is 1. The van der Waals surface area contributed by atoms with Crippen LogP contribution in [-0.2, 0) is 11.2 Å². The van der Waals surface area contributed by atoms with E-state index in [0.717, 1.165) is 23.7 Å². The number of aromatic amines is 1. The van der Waals surface area contributed by atoms with Crippen molar-refractivity contribution in [2.24, 2.45) is 0 Å². The standard InChI is InChI=1S/C12H13NO2/c1-2-4-9-7-13-10-5-3-6-11(12(9)10)15-8-14/h3,5-8,13H,2,4H2,1H3. The molecule has 0 saturated carbocycles. The van der Waals surface area contributed by atoms with E-state index in [1.54, 1.807) is 0 Å². The molecule has 2 rings (SSSR count). The van der Waals surface area contributed by atoms with Crippen LogP contribution in [-0.4, -0.2) is 11.5 Å². The molecule has 15 heavy (non-hydrogen) atoms. The van der Waals surface area contributed by atoms with Gasteiger partial charge >= 0.3 is 0 Å². The molecule has 0 aliphatic carbocycles. The van der Waals surface area contributed by atoms with Crippen LogP contribution in [0.5, 0.6) is 5.75 Å². The van der Waals surface area contributed by atoms with E-state index in [1.165, 1.54) is 5.56 Å². The number of hydrogen-bond acceptors (Lipinski definition) is 2. The van der Waals surface area contributed by atoms with Crippen molar-refractivity contribution in [2.75, 3.05) is 0 Å². The molecular weight excluding hydrogens is 190 g/mol. The molecule has 3 nitrogen and oxygen atoms in total. The second kappa shape index (κ2) is 4.17. The van der Waals surface area contributed by atoms with Crippen molar-refractivity contribution >= 4 is 17.4 Å². The molecule has 0 atom stereocenters. The minimum Gasteiger partial charge on any atom is -0.428 e. The Labute approximate surface area is 88.1 Å². The summed E-state index contributed by atoms with van der Waals surface area (Å²) >= 11 is 0. The lowest BCUT2D eigenvalue weighted by Crippen LogP contribution is -1.90. The molecule has 3 heteroatoms. The zero-order valence-corrected chi connectivity index (χ0v) is 8.62. The van der Waals surface area contributed by atoms with E-state index < -0.39 is 0 Å². The minimum atomic E-state index is 0.470. The zero-order valence-electron chi connectivity index (χ0n) is 8.62. The third-order valence-electron chi connectivity index (χ3n) is 2.44. The van der Waals surface area contributed by atoms with Crippen LogP contribution in [0.2, 0.25) is 0 Å².